The lowest BCUT2D eigenvalue weighted by Gasteiger charge is -2.32. The summed E-state index contributed by atoms with van der Waals surface area (Å²) >= 11 is 0. The molecule has 5 rings (SSSR count). The van der Waals surface area contributed by atoms with Crippen LogP contribution in [0.1, 0.15) is 49.0 Å². The number of piperidine rings is 2. The Balaban J connectivity index is 1.20. The Kier molecular flexibility index (Phi) is 5.17. The monoisotopic (exact) mass is 416 g/mol. The number of H-pyrrole nitrogens is 1. The number of halogens is 2. The quantitative estimate of drug-likeness (QED) is 0.763. The minimum absolute atomic E-state index is 0.105. The fourth-order valence-corrected chi connectivity index (χ4v) is 4.71. The van der Waals surface area contributed by atoms with Crippen LogP contribution < -0.4 is 5.32 Å². The molecule has 7 heteroatoms. The molecule has 3 fully saturated rings. The number of alkyl halides is 2. The topological polar surface area (TPSA) is 51.4 Å². The highest BCUT2D eigenvalue weighted by Crippen LogP contribution is 2.31. The van der Waals surface area contributed by atoms with Crippen molar-refractivity contribution in [2.75, 3.05) is 38.0 Å². The van der Waals surface area contributed by atoms with Gasteiger partial charge in [0.05, 0.1) is 0 Å². The van der Waals surface area contributed by atoms with Crippen molar-refractivity contribution >= 4 is 22.5 Å². The molecule has 2 aliphatic heterocycles. The molecule has 1 saturated carbocycles. The molecule has 3 heterocycles. The zero-order valence-corrected chi connectivity index (χ0v) is 17.3. The van der Waals surface area contributed by atoms with Gasteiger partial charge >= 0.3 is 0 Å². The first-order chi connectivity index (χ1) is 14.4. The third-order valence-electron chi connectivity index (χ3n) is 6.81. The molecule has 1 aliphatic carbocycles. The Morgan fingerprint density at radius 1 is 1.07 bits per heavy atom. The molecule has 0 radical (unpaired) electrons. The molecule has 0 atom stereocenters. The van der Waals surface area contributed by atoms with Gasteiger partial charge in [-0.3, -0.25) is 4.79 Å². The van der Waals surface area contributed by atoms with E-state index in [-0.39, 0.29) is 31.8 Å². The van der Waals surface area contributed by atoms with Crippen LogP contribution in [-0.4, -0.2) is 65.4 Å². The third-order valence-corrected chi connectivity index (χ3v) is 6.81. The van der Waals surface area contributed by atoms with Gasteiger partial charge in [-0.1, -0.05) is 0 Å². The van der Waals surface area contributed by atoms with Crippen LogP contribution in [0.4, 0.5) is 14.5 Å². The Morgan fingerprint density at radius 2 is 1.80 bits per heavy atom. The largest absolute Gasteiger partial charge is 0.382 e. The maximum Gasteiger partial charge on any atom is 0.270 e. The normalized spacial score (nSPS) is 23.1. The molecule has 0 unspecified atom stereocenters. The molecule has 5 nitrogen and oxygen atoms in total. The predicted octanol–water partition coefficient (Wildman–Crippen LogP) is 4.33. The number of anilines is 1. The number of likely N-dealkylation sites (tertiary alicyclic amines) is 2. The highest BCUT2D eigenvalue weighted by molar-refractivity contribution is 5.98. The lowest BCUT2D eigenvalue weighted by atomic mass is 10.0. The highest BCUT2D eigenvalue weighted by atomic mass is 19.3. The van der Waals surface area contributed by atoms with Gasteiger partial charge in [-0.25, -0.2) is 8.78 Å². The average molecular weight is 417 g/mol. The molecule has 2 aromatic rings. The van der Waals surface area contributed by atoms with E-state index in [0.29, 0.717) is 11.7 Å². The molecule has 2 N–H and O–H groups in total. The molecular formula is C23H30F2N4O. The maximum absolute atomic E-state index is 13.4. The molecule has 162 valence electrons. The summed E-state index contributed by atoms with van der Waals surface area (Å²) in [6.07, 6.45) is 4.61. The van der Waals surface area contributed by atoms with Gasteiger partial charge in [-0.2, -0.15) is 0 Å². The Hall–Kier alpha value is -2.15. The summed E-state index contributed by atoms with van der Waals surface area (Å²) in [4.78, 5) is 20.0. The third kappa shape index (κ3) is 4.46. The summed E-state index contributed by atoms with van der Waals surface area (Å²) in [6.45, 7) is 3.80. The first-order valence-electron chi connectivity index (χ1n) is 11.2. The first kappa shape index (κ1) is 19.8. The van der Waals surface area contributed by atoms with E-state index in [0.717, 1.165) is 48.4 Å². The fraction of sp³-hybridized carbons (Fsp3) is 0.609. The van der Waals surface area contributed by atoms with Crippen molar-refractivity contribution in [1.29, 1.82) is 0 Å². The van der Waals surface area contributed by atoms with Crippen LogP contribution >= 0.6 is 0 Å². The van der Waals surface area contributed by atoms with Crippen LogP contribution in [0, 0.1) is 5.92 Å². The number of benzene rings is 1. The van der Waals surface area contributed by atoms with Crippen LogP contribution in [0.2, 0.25) is 0 Å². The van der Waals surface area contributed by atoms with E-state index in [2.05, 4.69) is 21.3 Å². The number of hydrogen-bond acceptors (Lipinski definition) is 3. The van der Waals surface area contributed by atoms with E-state index in [1.807, 2.05) is 18.2 Å². The average Bonchev–Trinajstić information content (AvgIpc) is 3.44. The van der Waals surface area contributed by atoms with E-state index in [1.54, 1.807) is 0 Å². The Labute approximate surface area is 175 Å². The van der Waals surface area contributed by atoms with E-state index in [1.165, 1.54) is 24.3 Å². The number of aromatic nitrogens is 1. The minimum atomic E-state index is -2.65. The predicted molar refractivity (Wildman–Crippen MR) is 114 cm³/mol. The second-order valence-electron chi connectivity index (χ2n) is 9.30. The minimum Gasteiger partial charge on any atom is -0.382 e. The fourth-order valence-electron chi connectivity index (χ4n) is 4.71. The van der Waals surface area contributed by atoms with Crippen LogP contribution in [0.25, 0.3) is 10.9 Å². The van der Waals surface area contributed by atoms with Gasteiger partial charge in [-0.05, 0) is 55.9 Å². The van der Waals surface area contributed by atoms with Crippen molar-refractivity contribution in [3.8, 4) is 0 Å². The standard InChI is InChI=1S/C23H30F2N4O/c24-23(25)7-11-29(12-8-23)22(30)21-14-17-13-19(3-4-20(17)27-21)26-18-5-9-28(10-6-18)15-16-1-2-16/h3-4,13-14,16,18,26-27H,1-2,5-12,15H2. The number of carbonyl (C=O) groups excluding carboxylic acids is 1. The zero-order valence-electron chi connectivity index (χ0n) is 17.3. The van der Waals surface area contributed by atoms with E-state index in [4.69, 9.17) is 0 Å². The molecule has 1 aromatic heterocycles. The molecule has 2 saturated heterocycles. The highest BCUT2D eigenvalue weighted by Gasteiger charge is 2.36. The number of nitrogens with one attached hydrogen (secondary N) is 2. The lowest BCUT2D eigenvalue weighted by Crippen LogP contribution is -2.42. The zero-order chi connectivity index (χ0) is 20.7. The number of hydrogen-bond donors (Lipinski definition) is 2. The lowest BCUT2D eigenvalue weighted by molar-refractivity contribution is -0.0495. The smallest absolute Gasteiger partial charge is 0.270 e. The van der Waals surface area contributed by atoms with Crippen molar-refractivity contribution < 1.29 is 13.6 Å². The molecule has 1 aromatic carbocycles. The number of rotatable bonds is 5. The van der Waals surface area contributed by atoms with Gasteiger partial charge in [0.1, 0.15) is 5.69 Å². The summed E-state index contributed by atoms with van der Waals surface area (Å²) in [5.41, 5.74) is 2.44. The van der Waals surface area contributed by atoms with Crippen LogP contribution in [-0.2, 0) is 0 Å². The second-order valence-corrected chi connectivity index (χ2v) is 9.30. The number of nitrogens with zero attached hydrogens (tertiary/aromatic N) is 2. The van der Waals surface area contributed by atoms with Crippen molar-refractivity contribution in [3.05, 3.63) is 30.0 Å². The van der Waals surface area contributed by atoms with Gasteiger partial charge in [0.2, 0.25) is 0 Å². The molecule has 1 amide bonds. The van der Waals surface area contributed by atoms with Gasteiger partial charge < -0.3 is 20.1 Å². The maximum atomic E-state index is 13.4. The number of fused-ring (bicyclic) bond motifs is 1. The first-order valence-corrected chi connectivity index (χ1v) is 11.2. The summed E-state index contributed by atoms with van der Waals surface area (Å²) in [6, 6.07) is 8.43. The van der Waals surface area contributed by atoms with Crippen LogP contribution in [0.3, 0.4) is 0 Å². The van der Waals surface area contributed by atoms with E-state index < -0.39 is 5.92 Å². The molecule has 30 heavy (non-hydrogen) atoms. The SMILES string of the molecule is O=C(c1cc2cc(NC3CCN(CC4CC4)CC3)ccc2[nH]1)N1CCC(F)(F)CC1. The van der Waals surface area contributed by atoms with Gasteiger partial charge in [-0.15, -0.1) is 0 Å². The van der Waals surface area contributed by atoms with E-state index >= 15 is 0 Å². The number of amides is 1. The van der Waals surface area contributed by atoms with Crippen molar-refractivity contribution in [3.63, 3.8) is 0 Å². The molecule has 3 aliphatic rings. The molecule has 0 spiro atoms. The number of carbonyl (C=O) groups is 1. The summed E-state index contributed by atoms with van der Waals surface area (Å²) in [5, 5.41) is 4.62. The van der Waals surface area contributed by atoms with Crippen molar-refractivity contribution in [2.45, 2.75) is 50.5 Å². The molecular weight excluding hydrogens is 386 g/mol. The Morgan fingerprint density at radius 3 is 2.50 bits per heavy atom. The van der Waals surface area contributed by atoms with Crippen LogP contribution in [0.5, 0.6) is 0 Å². The van der Waals surface area contributed by atoms with Gasteiger partial charge in [0.25, 0.3) is 11.8 Å². The summed E-state index contributed by atoms with van der Waals surface area (Å²) in [7, 11) is 0. The summed E-state index contributed by atoms with van der Waals surface area (Å²) in [5.74, 6) is -1.89. The second kappa shape index (κ2) is 7.84. The summed E-state index contributed by atoms with van der Waals surface area (Å²) < 4.78 is 26.7. The van der Waals surface area contributed by atoms with Gasteiger partial charge in [0, 0.05) is 68.2 Å². The molecule has 0 bridgehead atoms. The van der Waals surface area contributed by atoms with Crippen molar-refractivity contribution in [2.24, 2.45) is 5.92 Å². The van der Waals surface area contributed by atoms with Crippen molar-refractivity contribution in [1.82, 2.24) is 14.8 Å². The van der Waals surface area contributed by atoms with Gasteiger partial charge in [0.15, 0.2) is 0 Å². The Bertz CT molecular complexity index is 905. The van der Waals surface area contributed by atoms with Crippen LogP contribution in [0.15, 0.2) is 24.3 Å². The number of aromatic amines is 1. The van der Waals surface area contributed by atoms with E-state index in [9.17, 15) is 13.6 Å².